The first-order chi connectivity index (χ1) is 7.69. The highest BCUT2D eigenvalue weighted by molar-refractivity contribution is 5.92. The fourth-order valence-electron chi connectivity index (χ4n) is 1.86. The van der Waals surface area contributed by atoms with Crippen molar-refractivity contribution in [1.29, 1.82) is 0 Å². The molecule has 1 amide bonds. The molecule has 1 aromatic rings. The molecule has 1 aliphatic rings. The summed E-state index contributed by atoms with van der Waals surface area (Å²) in [6, 6.07) is -0.115. The molecule has 0 aliphatic heterocycles. The molecular formula is C10H16N4O2. The Labute approximate surface area is 93.4 Å². The Hall–Kier alpha value is -1.43. The molecule has 1 aromatic heterocycles. The van der Waals surface area contributed by atoms with Gasteiger partial charge in [0.1, 0.15) is 0 Å². The van der Waals surface area contributed by atoms with Gasteiger partial charge in [-0.2, -0.15) is 0 Å². The molecule has 0 bridgehead atoms. The molecule has 1 saturated carbocycles. The van der Waals surface area contributed by atoms with Crippen LogP contribution in [0, 0.1) is 0 Å². The second-order valence-electron chi connectivity index (χ2n) is 4.15. The minimum Gasteiger partial charge on any atom is -0.394 e. The van der Waals surface area contributed by atoms with Gasteiger partial charge in [0.25, 0.3) is 5.91 Å². The van der Waals surface area contributed by atoms with Crippen LogP contribution in [0.5, 0.6) is 0 Å². The van der Waals surface area contributed by atoms with E-state index in [1.165, 1.54) is 0 Å². The maximum atomic E-state index is 11.2. The standard InChI is InChI=1S/C10H16N4O2/c1-2-7(5-15)14-9(6-3-4-6)8(10(11)16)12-13-14/h6-7,15H,2-5H2,1H3,(H2,11,16). The zero-order valence-corrected chi connectivity index (χ0v) is 9.26. The highest BCUT2D eigenvalue weighted by Gasteiger charge is 2.34. The first-order valence-electron chi connectivity index (χ1n) is 5.54. The molecule has 0 aromatic carbocycles. The maximum Gasteiger partial charge on any atom is 0.271 e. The quantitative estimate of drug-likeness (QED) is 0.746. The van der Waals surface area contributed by atoms with Gasteiger partial charge in [0, 0.05) is 5.92 Å². The fraction of sp³-hybridized carbons (Fsp3) is 0.700. The normalized spacial score (nSPS) is 17.4. The van der Waals surface area contributed by atoms with Crippen molar-refractivity contribution in [3.05, 3.63) is 11.4 Å². The van der Waals surface area contributed by atoms with Crippen LogP contribution in [0.2, 0.25) is 0 Å². The lowest BCUT2D eigenvalue weighted by Crippen LogP contribution is -2.19. The molecule has 6 nitrogen and oxygen atoms in total. The summed E-state index contributed by atoms with van der Waals surface area (Å²) in [7, 11) is 0. The number of hydrogen-bond donors (Lipinski definition) is 2. The van der Waals surface area contributed by atoms with Crippen LogP contribution < -0.4 is 5.73 Å². The van der Waals surface area contributed by atoms with E-state index < -0.39 is 5.91 Å². The lowest BCUT2D eigenvalue weighted by atomic mass is 10.1. The molecule has 0 saturated heterocycles. The topological polar surface area (TPSA) is 94.0 Å². The zero-order chi connectivity index (χ0) is 11.7. The lowest BCUT2D eigenvalue weighted by molar-refractivity contribution is 0.0994. The Balaban J connectivity index is 2.41. The highest BCUT2D eigenvalue weighted by Crippen LogP contribution is 2.42. The first kappa shape index (κ1) is 11.1. The smallest absolute Gasteiger partial charge is 0.271 e. The summed E-state index contributed by atoms with van der Waals surface area (Å²) in [5, 5.41) is 17.0. The Morgan fingerprint density at radius 2 is 2.38 bits per heavy atom. The van der Waals surface area contributed by atoms with Gasteiger partial charge in [0.2, 0.25) is 0 Å². The van der Waals surface area contributed by atoms with Crippen molar-refractivity contribution in [3.63, 3.8) is 0 Å². The van der Waals surface area contributed by atoms with E-state index in [-0.39, 0.29) is 18.3 Å². The number of aliphatic hydroxyl groups is 1. The summed E-state index contributed by atoms with van der Waals surface area (Å²) < 4.78 is 1.66. The van der Waals surface area contributed by atoms with E-state index in [4.69, 9.17) is 5.73 Å². The number of primary amides is 1. The predicted octanol–water partition coefficient (Wildman–Crippen LogP) is 0.198. The van der Waals surface area contributed by atoms with Gasteiger partial charge in [0.05, 0.1) is 18.3 Å². The number of rotatable bonds is 5. The number of hydrogen-bond acceptors (Lipinski definition) is 4. The minimum absolute atomic E-state index is 0.00220. The summed E-state index contributed by atoms with van der Waals surface area (Å²) in [6.45, 7) is 1.96. The van der Waals surface area contributed by atoms with E-state index in [9.17, 15) is 9.90 Å². The molecule has 0 radical (unpaired) electrons. The number of carbonyl (C=O) groups is 1. The molecule has 16 heavy (non-hydrogen) atoms. The summed E-state index contributed by atoms with van der Waals surface area (Å²) >= 11 is 0. The predicted molar refractivity (Wildman–Crippen MR) is 56.9 cm³/mol. The van der Waals surface area contributed by atoms with Crippen molar-refractivity contribution >= 4 is 5.91 Å². The van der Waals surface area contributed by atoms with Crippen LogP contribution in [-0.4, -0.2) is 32.6 Å². The van der Waals surface area contributed by atoms with E-state index in [0.29, 0.717) is 5.92 Å². The van der Waals surface area contributed by atoms with Crippen LogP contribution in [0.15, 0.2) is 0 Å². The number of aliphatic hydroxyl groups excluding tert-OH is 1. The molecule has 6 heteroatoms. The number of nitrogens with two attached hydrogens (primary N) is 1. The van der Waals surface area contributed by atoms with E-state index in [0.717, 1.165) is 25.0 Å². The Morgan fingerprint density at radius 3 is 2.81 bits per heavy atom. The van der Waals surface area contributed by atoms with Gasteiger partial charge in [-0.05, 0) is 19.3 Å². The van der Waals surface area contributed by atoms with Crippen LogP contribution in [0.4, 0.5) is 0 Å². The van der Waals surface area contributed by atoms with Crippen LogP contribution in [-0.2, 0) is 0 Å². The van der Waals surface area contributed by atoms with Gasteiger partial charge in [0.15, 0.2) is 5.69 Å². The number of amides is 1. The Kier molecular flexibility index (Phi) is 2.91. The summed E-state index contributed by atoms with van der Waals surface area (Å²) in [6.07, 6.45) is 2.82. The van der Waals surface area contributed by atoms with Crippen molar-refractivity contribution in [2.24, 2.45) is 5.73 Å². The van der Waals surface area contributed by atoms with Gasteiger partial charge in [-0.3, -0.25) is 4.79 Å². The third-order valence-corrected chi connectivity index (χ3v) is 2.96. The third kappa shape index (κ3) is 1.80. The van der Waals surface area contributed by atoms with Crippen LogP contribution in [0.3, 0.4) is 0 Å². The molecule has 1 aliphatic carbocycles. The Bertz CT molecular complexity index is 394. The average Bonchev–Trinajstić information content (AvgIpc) is 3.01. The third-order valence-electron chi connectivity index (χ3n) is 2.96. The Morgan fingerprint density at radius 1 is 1.69 bits per heavy atom. The number of carbonyl (C=O) groups excluding carboxylic acids is 1. The second kappa shape index (κ2) is 4.21. The van der Waals surface area contributed by atoms with Crippen molar-refractivity contribution in [1.82, 2.24) is 15.0 Å². The van der Waals surface area contributed by atoms with Crippen molar-refractivity contribution in [2.75, 3.05) is 6.61 Å². The molecule has 3 N–H and O–H groups in total. The second-order valence-corrected chi connectivity index (χ2v) is 4.15. The van der Waals surface area contributed by atoms with E-state index in [1.807, 2.05) is 6.92 Å². The van der Waals surface area contributed by atoms with Gasteiger partial charge in [-0.15, -0.1) is 5.10 Å². The molecule has 2 rings (SSSR count). The molecule has 1 atom stereocenters. The van der Waals surface area contributed by atoms with E-state index in [1.54, 1.807) is 4.68 Å². The SMILES string of the molecule is CCC(CO)n1nnc(C(N)=O)c1C1CC1. The van der Waals surface area contributed by atoms with Crippen molar-refractivity contribution < 1.29 is 9.90 Å². The highest BCUT2D eigenvalue weighted by atomic mass is 16.3. The van der Waals surface area contributed by atoms with E-state index in [2.05, 4.69) is 10.3 Å². The van der Waals surface area contributed by atoms with Gasteiger partial charge in [-0.25, -0.2) is 4.68 Å². The van der Waals surface area contributed by atoms with E-state index >= 15 is 0 Å². The molecule has 1 unspecified atom stereocenters. The number of aromatic nitrogens is 3. The minimum atomic E-state index is -0.541. The largest absolute Gasteiger partial charge is 0.394 e. The van der Waals surface area contributed by atoms with Gasteiger partial charge < -0.3 is 10.8 Å². The van der Waals surface area contributed by atoms with Crippen LogP contribution >= 0.6 is 0 Å². The first-order valence-corrected chi connectivity index (χ1v) is 5.54. The van der Waals surface area contributed by atoms with Crippen LogP contribution in [0.25, 0.3) is 0 Å². The summed E-state index contributed by atoms with van der Waals surface area (Å²) in [4.78, 5) is 11.2. The number of nitrogens with zero attached hydrogens (tertiary/aromatic N) is 3. The van der Waals surface area contributed by atoms with Crippen molar-refractivity contribution in [3.8, 4) is 0 Å². The zero-order valence-electron chi connectivity index (χ0n) is 9.26. The molecular weight excluding hydrogens is 208 g/mol. The molecule has 88 valence electrons. The molecule has 1 fully saturated rings. The summed E-state index contributed by atoms with van der Waals surface area (Å²) in [5.41, 5.74) is 6.32. The fourth-order valence-corrected chi connectivity index (χ4v) is 1.86. The molecule has 1 heterocycles. The lowest BCUT2D eigenvalue weighted by Gasteiger charge is -2.14. The van der Waals surface area contributed by atoms with Gasteiger partial charge >= 0.3 is 0 Å². The van der Waals surface area contributed by atoms with Gasteiger partial charge in [-0.1, -0.05) is 12.1 Å². The van der Waals surface area contributed by atoms with Crippen molar-refractivity contribution in [2.45, 2.75) is 38.1 Å². The summed E-state index contributed by atoms with van der Waals surface area (Å²) in [5.74, 6) is -0.209. The molecule has 0 spiro atoms. The average molecular weight is 224 g/mol. The van der Waals surface area contributed by atoms with Crippen LogP contribution in [0.1, 0.15) is 54.3 Å². The maximum absolute atomic E-state index is 11.2. The monoisotopic (exact) mass is 224 g/mol.